The van der Waals surface area contributed by atoms with Gasteiger partial charge in [0.05, 0.1) is 21.7 Å². The lowest BCUT2D eigenvalue weighted by Gasteiger charge is -2.13. The van der Waals surface area contributed by atoms with Crippen molar-refractivity contribution in [1.29, 1.82) is 0 Å². The Morgan fingerprint density at radius 2 is 2.23 bits per heavy atom. The first-order valence-electron chi connectivity index (χ1n) is 7.01. The highest BCUT2D eigenvalue weighted by Gasteiger charge is 2.17. The number of hydrogen-bond donors (Lipinski definition) is 1. The summed E-state index contributed by atoms with van der Waals surface area (Å²) in [6.07, 6.45) is 4.15. The van der Waals surface area contributed by atoms with Crippen LogP contribution >= 0.6 is 0 Å². The number of nitrogens with zero attached hydrogens (tertiary/aromatic N) is 3. The van der Waals surface area contributed by atoms with Gasteiger partial charge in [-0.2, -0.15) is 4.36 Å². The van der Waals surface area contributed by atoms with Crippen LogP contribution < -0.4 is 5.73 Å². The Labute approximate surface area is 131 Å². The fraction of sp³-hybridized carbons (Fsp3) is 0.571. The molecule has 0 aromatic carbocycles. The van der Waals surface area contributed by atoms with Gasteiger partial charge in [-0.25, -0.2) is 4.21 Å². The van der Waals surface area contributed by atoms with E-state index < -0.39 is 16.4 Å². The molecule has 8 heteroatoms. The Morgan fingerprint density at radius 1 is 1.50 bits per heavy atom. The van der Waals surface area contributed by atoms with E-state index in [4.69, 9.17) is 10.6 Å². The lowest BCUT2D eigenvalue weighted by Crippen LogP contribution is -2.16. The molecule has 0 saturated heterocycles. The third kappa shape index (κ3) is 5.97. The largest absolute Gasteiger partial charge is 0.393 e. The Morgan fingerprint density at radius 3 is 2.82 bits per heavy atom. The van der Waals surface area contributed by atoms with Crippen molar-refractivity contribution in [2.75, 3.05) is 19.5 Å². The minimum atomic E-state index is -2.63. The summed E-state index contributed by atoms with van der Waals surface area (Å²) in [4.78, 5) is 9.10. The van der Waals surface area contributed by atoms with Crippen LogP contribution in [0.3, 0.4) is 0 Å². The fourth-order valence-corrected chi connectivity index (χ4v) is 2.83. The maximum Gasteiger partial charge on any atom is 0.265 e. The molecule has 2 unspecified atom stereocenters. The minimum absolute atomic E-state index is 0.181. The Bertz CT molecular complexity index is 610. The molecule has 2 atom stereocenters. The number of halogens is 1. The molecule has 1 aromatic heterocycles. The van der Waals surface area contributed by atoms with Crippen molar-refractivity contribution < 1.29 is 13.4 Å². The topological polar surface area (TPSA) is 89.9 Å². The molecule has 0 aliphatic carbocycles. The average Bonchev–Trinajstić information content (AvgIpc) is 2.46. The normalized spacial score (nSPS) is 15.9. The summed E-state index contributed by atoms with van der Waals surface area (Å²) in [6, 6.07) is 3.72. The summed E-state index contributed by atoms with van der Waals surface area (Å²) in [6.45, 7) is 3.54. The Kier molecular flexibility index (Phi) is 7.23. The molecule has 0 amide bonds. The van der Waals surface area contributed by atoms with Crippen molar-refractivity contribution in [3.8, 4) is 0 Å². The molecule has 0 aliphatic heterocycles. The van der Waals surface area contributed by atoms with Crippen molar-refractivity contribution in [2.45, 2.75) is 31.9 Å². The predicted molar refractivity (Wildman–Crippen MR) is 86.7 cm³/mol. The van der Waals surface area contributed by atoms with Crippen LogP contribution in [-0.4, -0.2) is 34.7 Å². The van der Waals surface area contributed by atoms with Gasteiger partial charge in [0.2, 0.25) is 0 Å². The molecule has 1 aromatic rings. The predicted octanol–water partition coefficient (Wildman–Crippen LogP) is 2.54. The molecule has 2 N–H and O–H groups in total. The quantitative estimate of drug-likeness (QED) is 0.360. The van der Waals surface area contributed by atoms with E-state index in [0.717, 1.165) is 11.3 Å². The zero-order chi connectivity index (χ0) is 16.6. The molecule has 1 heterocycles. The second kappa shape index (κ2) is 8.67. The third-order valence-corrected chi connectivity index (χ3v) is 5.25. The number of oxime groups is 1. The van der Waals surface area contributed by atoms with E-state index in [2.05, 4.69) is 14.5 Å². The van der Waals surface area contributed by atoms with Gasteiger partial charge in [-0.05, 0) is 43.5 Å². The van der Waals surface area contributed by atoms with Gasteiger partial charge in [0, 0.05) is 18.1 Å². The van der Waals surface area contributed by atoms with E-state index in [1.54, 1.807) is 13.1 Å². The zero-order valence-electron chi connectivity index (χ0n) is 13.2. The van der Waals surface area contributed by atoms with Gasteiger partial charge in [0.1, 0.15) is 6.61 Å². The van der Waals surface area contributed by atoms with Crippen molar-refractivity contribution in [2.24, 2.45) is 15.3 Å². The SMILES string of the molecule is Cc1ccc(C(C)S(C)(=O)=N/C(N)=N/OCCCCF)cn1. The second-order valence-corrected chi connectivity index (χ2v) is 7.62. The van der Waals surface area contributed by atoms with E-state index in [1.165, 1.54) is 6.26 Å². The number of unbranched alkanes of at least 4 members (excludes halogenated alkanes) is 1. The Hall–Kier alpha value is -1.70. The first-order valence-corrected chi connectivity index (χ1v) is 9.00. The van der Waals surface area contributed by atoms with Gasteiger partial charge in [0.15, 0.2) is 0 Å². The summed E-state index contributed by atoms with van der Waals surface area (Å²) in [5.74, 6) is -0.181. The van der Waals surface area contributed by atoms with E-state index in [-0.39, 0.29) is 17.8 Å². The summed E-state index contributed by atoms with van der Waals surface area (Å²) in [7, 11) is -2.63. The van der Waals surface area contributed by atoms with Crippen molar-refractivity contribution in [1.82, 2.24) is 4.98 Å². The number of alkyl halides is 1. The van der Waals surface area contributed by atoms with Crippen LogP contribution in [0.1, 0.15) is 36.3 Å². The lowest BCUT2D eigenvalue weighted by molar-refractivity contribution is 0.137. The van der Waals surface area contributed by atoms with Gasteiger partial charge < -0.3 is 10.6 Å². The minimum Gasteiger partial charge on any atom is -0.393 e. The highest BCUT2D eigenvalue weighted by atomic mass is 32.2. The second-order valence-electron chi connectivity index (χ2n) is 5.01. The van der Waals surface area contributed by atoms with E-state index in [1.807, 2.05) is 19.1 Å². The third-order valence-electron chi connectivity index (χ3n) is 3.11. The smallest absolute Gasteiger partial charge is 0.265 e. The number of aromatic nitrogens is 1. The number of guanidine groups is 1. The maximum absolute atomic E-state index is 12.7. The zero-order valence-corrected chi connectivity index (χ0v) is 14.0. The van der Waals surface area contributed by atoms with Crippen LogP contribution in [-0.2, 0) is 14.6 Å². The van der Waals surface area contributed by atoms with Crippen LogP contribution in [0.15, 0.2) is 27.8 Å². The van der Waals surface area contributed by atoms with Gasteiger partial charge in [-0.15, -0.1) is 0 Å². The van der Waals surface area contributed by atoms with Gasteiger partial charge in [-0.3, -0.25) is 9.37 Å². The number of hydrogen-bond acceptors (Lipinski definition) is 4. The number of nitrogens with two attached hydrogens (primary N) is 1. The molecule has 1 rings (SSSR count). The summed E-state index contributed by atoms with van der Waals surface area (Å²) >= 11 is 0. The molecule has 22 heavy (non-hydrogen) atoms. The monoisotopic (exact) mass is 330 g/mol. The van der Waals surface area contributed by atoms with Gasteiger partial charge >= 0.3 is 0 Å². The standard InChI is InChI=1S/C14H23FN4O2S/c1-11-6-7-13(10-17-11)12(2)22(3,20)19-14(16)18-21-9-5-4-8-15/h6-7,10,12H,4-5,8-9H2,1-3H3,(H2,16,18). The molecule has 0 bridgehead atoms. The Balaban J connectivity index is 2.76. The van der Waals surface area contributed by atoms with E-state index >= 15 is 0 Å². The van der Waals surface area contributed by atoms with Crippen molar-refractivity contribution in [3.63, 3.8) is 0 Å². The number of rotatable bonds is 7. The van der Waals surface area contributed by atoms with Crippen molar-refractivity contribution in [3.05, 3.63) is 29.6 Å². The average molecular weight is 330 g/mol. The fourth-order valence-electron chi connectivity index (χ4n) is 1.63. The van der Waals surface area contributed by atoms with Crippen LogP contribution in [0.5, 0.6) is 0 Å². The van der Waals surface area contributed by atoms with Crippen molar-refractivity contribution >= 4 is 15.7 Å². The van der Waals surface area contributed by atoms with E-state index in [0.29, 0.717) is 12.8 Å². The van der Waals surface area contributed by atoms with E-state index in [9.17, 15) is 8.60 Å². The molecular formula is C14H23FN4O2S. The molecular weight excluding hydrogens is 307 g/mol. The molecule has 0 spiro atoms. The summed E-state index contributed by atoms with van der Waals surface area (Å²) in [5, 5.41) is 3.24. The lowest BCUT2D eigenvalue weighted by atomic mass is 10.2. The van der Waals surface area contributed by atoms with Crippen LogP contribution in [0.2, 0.25) is 0 Å². The van der Waals surface area contributed by atoms with Gasteiger partial charge in [0.25, 0.3) is 5.96 Å². The molecule has 124 valence electrons. The van der Waals surface area contributed by atoms with Crippen LogP contribution in [0.4, 0.5) is 4.39 Å². The highest BCUT2D eigenvalue weighted by molar-refractivity contribution is 7.93. The number of pyridine rings is 1. The summed E-state index contributed by atoms with van der Waals surface area (Å²) < 4.78 is 28.5. The molecule has 0 aliphatic rings. The first-order chi connectivity index (χ1) is 10.4. The molecule has 0 saturated carbocycles. The summed E-state index contributed by atoms with van der Waals surface area (Å²) in [5.41, 5.74) is 7.31. The molecule has 6 nitrogen and oxygen atoms in total. The van der Waals surface area contributed by atoms with Gasteiger partial charge in [-0.1, -0.05) is 6.07 Å². The number of aryl methyl sites for hydroxylation is 1. The maximum atomic E-state index is 12.7. The first kappa shape index (κ1) is 18.3. The molecule has 0 radical (unpaired) electrons. The molecule has 0 fully saturated rings. The van der Waals surface area contributed by atoms with Crippen LogP contribution in [0, 0.1) is 6.92 Å². The highest BCUT2D eigenvalue weighted by Crippen LogP contribution is 2.22. The van der Waals surface area contributed by atoms with Crippen LogP contribution in [0.25, 0.3) is 0 Å².